The molecule has 0 N–H and O–H groups in total. The first-order valence-corrected chi connectivity index (χ1v) is 6.73. The maximum absolute atomic E-state index is 11.9. The second-order valence-corrected chi connectivity index (χ2v) is 5.23. The summed E-state index contributed by atoms with van der Waals surface area (Å²) in [5.74, 6) is 0.237. The standard InChI is InChI=1S/C13H17BrN2O/c1-2-15-7-8-16(13(17)10-15)9-11-3-5-12(14)6-4-11/h3-6H,2,7-10H2,1H3. The van der Waals surface area contributed by atoms with Crippen LogP contribution < -0.4 is 0 Å². The zero-order chi connectivity index (χ0) is 12.3. The number of carbonyl (C=O) groups is 1. The summed E-state index contributed by atoms with van der Waals surface area (Å²) in [6.45, 7) is 6.16. The monoisotopic (exact) mass is 296 g/mol. The van der Waals surface area contributed by atoms with Crippen LogP contribution in [0, 0.1) is 0 Å². The van der Waals surface area contributed by atoms with Gasteiger partial charge in [0.25, 0.3) is 0 Å². The molecule has 1 aromatic carbocycles. The zero-order valence-electron chi connectivity index (χ0n) is 10.0. The topological polar surface area (TPSA) is 23.6 Å². The van der Waals surface area contributed by atoms with Gasteiger partial charge in [0.2, 0.25) is 5.91 Å². The van der Waals surface area contributed by atoms with Gasteiger partial charge >= 0.3 is 0 Å². The molecule has 4 heteroatoms. The number of rotatable bonds is 3. The number of likely N-dealkylation sites (N-methyl/N-ethyl adjacent to an activating group) is 1. The normalized spacial score (nSPS) is 17.5. The molecule has 0 aliphatic carbocycles. The van der Waals surface area contributed by atoms with Gasteiger partial charge in [-0.05, 0) is 24.2 Å². The van der Waals surface area contributed by atoms with Crippen LogP contribution >= 0.6 is 15.9 Å². The van der Waals surface area contributed by atoms with Crippen LogP contribution in [-0.2, 0) is 11.3 Å². The highest BCUT2D eigenvalue weighted by Gasteiger charge is 2.22. The summed E-state index contributed by atoms with van der Waals surface area (Å²) in [5.41, 5.74) is 1.19. The summed E-state index contributed by atoms with van der Waals surface area (Å²) >= 11 is 3.41. The van der Waals surface area contributed by atoms with Crippen molar-refractivity contribution in [3.05, 3.63) is 34.3 Å². The molecule has 92 valence electrons. The highest BCUT2D eigenvalue weighted by molar-refractivity contribution is 9.10. The Morgan fingerprint density at radius 3 is 2.53 bits per heavy atom. The molecule has 3 nitrogen and oxygen atoms in total. The van der Waals surface area contributed by atoms with Gasteiger partial charge in [-0.25, -0.2) is 0 Å². The number of amides is 1. The van der Waals surface area contributed by atoms with E-state index in [1.165, 1.54) is 5.56 Å². The Morgan fingerprint density at radius 2 is 1.94 bits per heavy atom. The van der Waals surface area contributed by atoms with Gasteiger partial charge in [0.1, 0.15) is 0 Å². The molecule has 0 unspecified atom stereocenters. The first kappa shape index (κ1) is 12.6. The van der Waals surface area contributed by atoms with Crippen LogP contribution in [0.5, 0.6) is 0 Å². The van der Waals surface area contributed by atoms with Crippen molar-refractivity contribution >= 4 is 21.8 Å². The quantitative estimate of drug-likeness (QED) is 0.853. The van der Waals surface area contributed by atoms with E-state index in [0.717, 1.165) is 30.7 Å². The van der Waals surface area contributed by atoms with Crippen molar-refractivity contribution in [3.8, 4) is 0 Å². The maximum Gasteiger partial charge on any atom is 0.237 e. The van der Waals surface area contributed by atoms with Crippen LogP contribution in [0.15, 0.2) is 28.7 Å². The number of piperazine rings is 1. The molecule has 0 saturated carbocycles. The number of halogens is 1. The van der Waals surface area contributed by atoms with Gasteiger partial charge in [0, 0.05) is 24.1 Å². The summed E-state index contributed by atoms with van der Waals surface area (Å²) < 4.78 is 1.07. The molecule has 0 spiro atoms. The van der Waals surface area contributed by atoms with Crippen LogP contribution in [0.2, 0.25) is 0 Å². The Hall–Kier alpha value is -0.870. The van der Waals surface area contributed by atoms with E-state index in [0.29, 0.717) is 6.54 Å². The molecule has 1 aromatic rings. The van der Waals surface area contributed by atoms with E-state index >= 15 is 0 Å². The first-order chi connectivity index (χ1) is 8.19. The molecular weight excluding hydrogens is 280 g/mol. The third kappa shape index (κ3) is 3.30. The Morgan fingerprint density at radius 1 is 1.24 bits per heavy atom. The van der Waals surface area contributed by atoms with Crippen LogP contribution in [0.3, 0.4) is 0 Å². The fraction of sp³-hybridized carbons (Fsp3) is 0.462. The van der Waals surface area contributed by atoms with Crippen LogP contribution in [-0.4, -0.2) is 41.9 Å². The van der Waals surface area contributed by atoms with E-state index in [-0.39, 0.29) is 5.91 Å². The predicted octanol–water partition coefficient (Wildman–Crippen LogP) is 2.11. The minimum atomic E-state index is 0.237. The second kappa shape index (κ2) is 5.65. The molecule has 1 amide bonds. The van der Waals surface area contributed by atoms with E-state index < -0.39 is 0 Å². The highest BCUT2D eigenvalue weighted by Crippen LogP contribution is 2.13. The Balaban J connectivity index is 1.96. The number of carbonyl (C=O) groups excluding carboxylic acids is 1. The van der Waals surface area contributed by atoms with Crippen LogP contribution in [0.4, 0.5) is 0 Å². The lowest BCUT2D eigenvalue weighted by atomic mass is 10.2. The molecule has 1 aliphatic heterocycles. The molecule has 0 atom stereocenters. The van der Waals surface area contributed by atoms with Gasteiger partial charge in [-0.3, -0.25) is 9.69 Å². The molecular formula is C13H17BrN2O. The minimum Gasteiger partial charge on any atom is -0.336 e. The number of hydrogen-bond donors (Lipinski definition) is 0. The lowest BCUT2D eigenvalue weighted by Gasteiger charge is -2.33. The highest BCUT2D eigenvalue weighted by atomic mass is 79.9. The van der Waals surface area contributed by atoms with Gasteiger partial charge in [-0.15, -0.1) is 0 Å². The van der Waals surface area contributed by atoms with Crippen molar-refractivity contribution in [2.45, 2.75) is 13.5 Å². The first-order valence-electron chi connectivity index (χ1n) is 5.93. The fourth-order valence-electron chi connectivity index (χ4n) is 2.00. The fourth-order valence-corrected chi connectivity index (χ4v) is 2.27. The average molecular weight is 297 g/mol. The summed E-state index contributed by atoms with van der Waals surface area (Å²) in [7, 11) is 0. The minimum absolute atomic E-state index is 0.237. The van der Waals surface area contributed by atoms with Crippen LogP contribution in [0.1, 0.15) is 12.5 Å². The van der Waals surface area contributed by atoms with Gasteiger partial charge in [-0.2, -0.15) is 0 Å². The van der Waals surface area contributed by atoms with Crippen molar-refractivity contribution in [3.63, 3.8) is 0 Å². The summed E-state index contributed by atoms with van der Waals surface area (Å²) in [6.07, 6.45) is 0. The molecule has 1 fully saturated rings. The van der Waals surface area contributed by atoms with Crippen molar-refractivity contribution in [2.75, 3.05) is 26.2 Å². The molecule has 1 saturated heterocycles. The van der Waals surface area contributed by atoms with E-state index in [4.69, 9.17) is 0 Å². The second-order valence-electron chi connectivity index (χ2n) is 4.31. The predicted molar refractivity (Wildman–Crippen MR) is 71.7 cm³/mol. The summed E-state index contributed by atoms with van der Waals surface area (Å²) in [5, 5.41) is 0. The number of nitrogens with zero attached hydrogens (tertiary/aromatic N) is 2. The molecule has 2 rings (SSSR count). The summed E-state index contributed by atoms with van der Waals surface area (Å²) in [6, 6.07) is 8.15. The van der Waals surface area contributed by atoms with Crippen molar-refractivity contribution < 1.29 is 4.79 Å². The van der Waals surface area contributed by atoms with Gasteiger partial charge in [-0.1, -0.05) is 35.0 Å². The Kier molecular flexibility index (Phi) is 4.18. The van der Waals surface area contributed by atoms with E-state index in [2.05, 4.69) is 39.9 Å². The third-order valence-electron chi connectivity index (χ3n) is 3.13. The van der Waals surface area contributed by atoms with Crippen LogP contribution in [0.25, 0.3) is 0 Å². The molecule has 1 aliphatic rings. The maximum atomic E-state index is 11.9. The van der Waals surface area contributed by atoms with Gasteiger partial charge < -0.3 is 4.90 Å². The van der Waals surface area contributed by atoms with E-state index in [1.54, 1.807) is 0 Å². The SMILES string of the molecule is CCN1CCN(Cc2ccc(Br)cc2)C(=O)C1. The molecule has 0 bridgehead atoms. The number of benzene rings is 1. The van der Waals surface area contributed by atoms with E-state index in [1.807, 2.05) is 17.0 Å². The largest absolute Gasteiger partial charge is 0.336 e. The Bertz CT molecular complexity index is 391. The summed E-state index contributed by atoms with van der Waals surface area (Å²) in [4.78, 5) is 16.0. The molecule has 17 heavy (non-hydrogen) atoms. The van der Waals surface area contributed by atoms with Gasteiger partial charge in [0.15, 0.2) is 0 Å². The van der Waals surface area contributed by atoms with Crippen molar-refractivity contribution in [1.29, 1.82) is 0 Å². The smallest absolute Gasteiger partial charge is 0.237 e. The zero-order valence-corrected chi connectivity index (χ0v) is 11.6. The van der Waals surface area contributed by atoms with E-state index in [9.17, 15) is 4.79 Å². The van der Waals surface area contributed by atoms with Gasteiger partial charge in [0.05, 0.1) is 6.54 Å². The Labute approximate surface area is 111 Å². The number of hydrogen-bond acceptors (Lipinski definition) is 2. The lowest BCUT2D eigenvalue weighted by molar-refractivity contribution is -0.136. The molecule has 0 aromatic heterocycles. The van der Waals surface area contributed by atoms with Crippen molar-refractivity contribution in [1.82, 2.24) is 9.80 Å². The average Bonchev–Trinajstić information content (AvgIpc) is 2.34. The molecule has 1 heterocycles. The lowest BCUT2D eigenvalue weighted by Crippen LogP contribution is -2.49. The van der Waals surface area contributed by atoms with Crippen molar-refractivity contribution in [2.24, 2.45) is 0 Å². The third-order valence-corrected chi connectivity index (χ3v) is 3.66. The molecule has 0 radical (unpaired) electrons.